The summed E-state index contributed by atoms with van der Waals surface area (Å²) in [6, 6.07) is 5.90. The highest BCUT2D eigenvalue weighted by Crippen LogP contribution is 2.67. The third-order valence-corrected chi connectivity index (χ3v) is 8.72. The Hall–Kier alpha value is -1.79. The van der Waals surface area contributed by atoms with Crippen LogP contribution < -0.4 is 10.6 Å². The first-order chi connectivity index (χ1) is 16.0. The van der Waals surface area contributed by atoms with Crippen LogP contribution >= 0.6 is 11.6 Å². The summed E-state index contributed by atoms with van der Waals surface area (Å²) in [5, 5.41) is 17.4. The summed E-state index contributed by atoms with van der Waals surface area (Å²) < 4.78 is 4.92. The zero-order valence-corrected chi connectivity index (χ0v) is 21.7. The van der Waals surface area contributed by atoms with Crippen LogP contribution in [0, 0.1) is 16.7 Å². The number of aliphatic hydroxyl groups is 1. The number of esters is 1. The molecule has 0 heterocycles. The molecule has 4 fully saturated rings. The molecule has 0 aromatic heterocycles. The molecule has 6 nitrogen and oxygen atoms in total. The molecule has 4 aliphatic carbocycles. The lowest BCUT2D eigenvalue weighted by molar-refractivity contribution is -0.199. The van der Waals surface area contributed by atoms with Crippen molar-refractivity contribution in [1.82, 2.24) is 10.6 Å². The van der Waals surface area contributed by atoms with Crippen LogP contribution in [0.5, 0.6) is 0 Å². The van der Waals surface area contributed by atoms with Crippen LogP contribution in [-0.2, 0) is 21.5 Å². The minimum atomic E-state index is -0.674. The van der Waals surface area contributed by atoms with Crippen LogP contribution in [0.2, 0.25) is 5.02 Å². The van der Waals surface area contributed by atoms with Crippen LogP contribution in [0.4, 0.5) is 4.79 Å². The van der Waals surface area contributed by atoms with Gasteiger partial charge in [-0.2, -0.15) is 0 Å². The number of aryl methyl sites for hydroxylation is 1. The SMILES string of the molecule is COC(=O)C12CC(NC(=O)N[C@]3(c4ccc(CCC(C)(C)C)c(Cl)c4)CCCCC3CO)(C1)C2. The van der Waals surface area contributed by atoms with Crippen molar-refractivity contribution in [3.63, 3.8) is 0 Å². The lowest BCUT2D eigenvalue weighted by Gasteiger charge is -2.68. The van der Waals surface area contributed by atoms with Gasteiger partial charge < -0.3 is 20.5 Å². The number of hydrogen-bond acceptors (Lipinski definition) is 4. The predicted molar refractivity (Wildman–Crippen MR) is 133 cm³/mol. The maximum absolute atomic E-state index is 13.2. The van der Waals surface area contributed by atoms with Gasteiger partial charge in [0.25, 0.3) is 0 Å². The van der Waals surface area contributed by atoms with E-state index in [9.17, 15) is 14.7 Å². The van der Waals surface area contributed by atoms with Gasteiger partial charge in [0.1, 0.15) is 0 Å². The monoisotopic (exact) mass is 490 g/mol. The van der Waals surface area contributed by atoms with Crippen LogP contribution in [0.3, 0.4) is 0 Å². The molecule has 0 spiro atoms. The van der Waals surface area contributed by atoms with Gasteiger partial charge in [-0.05, 0) is 67.6 Å². The normalized spacial score (nSPS) is 32.2. The predicted octanol–water partition coefficient (Wildman–Crippen LogP) is 5.09. The Balaban J connectivity index is 1.52. The van der Waals surface area contributed by atoms with Crippen LogP contribution in [-0.4, -0.2) is 36.4 Å². The van der Waals surface area contributed by atoms with Gasteiger partial charge in [0.05, 0.1) is 18.1 Å². The van der Waals surface area contributed by atoms with Gasteiger partial charge in [0.2, 0.25) is 0 Å². The molecule has 188 valence electrons. The Kier molecular flexibility index (Phi) is 6.71. The Labute approximate surface area is 208 Å². The van der Waals surface area contributed by atoms with Gasteiger partial charge in [-0.3, -0.25) is 4.79 Å². The number of hydrogen-bond donors (Lipinski definition) is 3. The largest absolute Gasteiger partial charge is 0.469 e. The van der Waals surface area contributed by atoms with Gasteiger partial charge >= 0.3 is 12.0 Å². The Morgan fingerprint density at radius 1 is 1.18 bits per heavy atom. The average Bonchev–Trinajstić information content (AvgIpc) is 2.73. The van der Waals surface area contributed by atoms with Crippen molar-refractivity contribution >= 4 is 23.6 Å². The molecule has 2 amide bonds. The third-order valence-electron chi connectivity index (χ3n) is 8.37. The van der Waals surface area contributed by atoms with Crippen LogP contribution in [0.15, 0.2) is 18.2 Å². The zero-order chi connectivity index (χ0) is 24.8. The summed E-state index contributed by atoms with van der Waals surface area (Å²) in [5.74, 6) is -0.264. The first-order valence-corrected chi connectivity index (χ1v) is 12.9. The Morgan fingerprint density at radius 3 is 2.47 bits per heavy atom. The highest BCUT2D eigenvalue weighted by Gasteiger charge is 2.73. The van der Waals surface area contributed by atoms with Gasteiger partial charge in [-0.25, -0.2) is 4.79 Å². The van der Waals surface area contributed by atoms with Gasteiger partial charge in [-0.15, -0.1) is 0 Å². The molecule has 2 bridgehead atoms. The van der Waals surface area contributed by atoms with Crippen LogP contribution in [0.1, 0.15) is 83.3 Å². The lowest BCUT2D eigenvalue weighted by atomic mass is 9.39. The molecule has 1 aromatic carbocycles. The quantitative estimate of drug-likeness (QED) is 0.464. The van der Waals surface area contributed by atoms with E-state index in [2.05, 4.69) is 43.5 Å². The fourth-order valence-corrected chi connectivity index (χ4v) is 6.75. The molecule has 4 aliphatic rings. The van der Waals surface area contributed by atoms with E-state index in [1.54, 1.807) is 0 Å². The molecular weight excluding hydrogens is 452 g/mol. The number of methoxy groups -OCH3 is 1. The third kappa shape index (κ3) is 4.56. The summed E-state index contributed by atoms with van der Waals surface area (Å²) in [5.41, 5.74) is 0.883. The number of benzene rings is 1. The van der Waals surface area contributed by atoms with Crippen molar-refractivity contribution in [3.05, 3.63) is 34.3 Å². The van der Waals surface area contributed by atoms with E-state index in [-0.39, 0.29) is 35.5 Å². The standard InChI is InChI=1S/C27H39ClN2O4/c1-24(2,3)12-10-18-8-9-19(13-21(18)28)27(11-6-5-7-20(27)14-31)30-23(33)29-26-15-25(16-26,17-26)22(32)34-4/h8-9,13,20,31H,5-7,10-12,14-17H2,1-4H3,(H2,29,30,33)/t20?,25?,26?,27-/m0/s1. The Bertz CT molecular complexity index is 937. The van der Waals surface area contributed by atoms with Crippen molar-refractivity contribution in [2.75, 3.05) is 13.7 Å². The summed E-state index contributed by atoms with van der Waals surface area (Å²) in [6.07, 6.45) is 7.42. The van der Waals surface area contributed by atoms with Crippen molar-refractivity contribution in [3.8, 4) is 0 Å². The van der Waals surface area contributed by atoms with E-state index in [0.717, 1.165) is 49.7 Å². The maximum Gasteiger partial charge on any atom is 0.315 e. The van der Waals surface area contributed by atoms with E-state index < -0.39 is 11.0 Å². The number of rotatable bonds is 7. The molecule has 3 N–H and O–H groups in total. The first-order valence-electron chi connectivity index (χ1n) is 12.6. The fourth-order valence-electron chi connectivity index (χ4n) is 6.47. The number of nitrogens with one attached hydrogen (secondary N) is 2. The van der Waals surface area contributed by atoms with Crippen LogP contribution in [0.25, 0.3) is 0 Å². The van der Waals surface area contributed by atoms with E-state index in [4.69, 9.17) is 16.3 Å². The number of carbonyl (C=O) groups excluding carboxylic acids is 2. The summed E-state index contributed by atoms with van der Waals surface area (Å²) in [7, 11) is 1.41. The first kappa shape index (κ1) is 25.3. The Morgan fingerprint density at radius 2 is 1.88 bits per heavy atom. The molecule has 4 saturated carbocycles. The molecule has 7 heteroatoms. The van der Waals surface area contributed by atoms with Gasteiger partial charge in [0, 0.05) is 23.1 Å². The van der Waals surface area contributed by atoms with E-state index >= 15 is 0 Å². The fraction of sp³-hybridized carbons (Fsp3) is 0.704. The van der Waals surface area contributed by atoms with Crippen molar-refractivity contribution in [1.29, 1.82) is 0 Å². The molecule has 0 saturated heterocycles. The summed E-state index contributed by atoms with van der Waals surface area (Å²) in [4.78, 5) is 25.2. The number of aliphatic hydroxyl groups excluding tert-OH is 1. The number of urea groups is 1. The van der Waals surface area contributed by atoms with Gasteiger partial charge in [0.15, 0.2) is 0 Å². The number of amides is 2. The van der Waals surface area contributed by atoms with Crippen molar-refractivity contribution in [2.45, 2.75) is 89.6 Å². The van der Waals surface area contributed by atoms with E-state index in [1.807, 2.05) is 6.07 Å². The van der Waals surface area contributed by atoms with E-state index in [1.165, 1.54) is 7.11 Å². The second-order valence-corrected chi connectivity index (χ2v) is 12.5. The zero-order valence-electron chi connectivity index (χ0n) is 20.9. The number of halogens is 1. The molecule has 1 unspecified atom stereocenters. The summed E-state index contributed by atoms with van der Waals surface area (Å²) >= 11 is 6.74. The van der Waals surface area contributed by atoms with E-state index in [0.29, 0.717) is 24.3 Å². The second kappa shape index (κ2) is 9.02. The molecule has 34 heavy (non-hydrogen) atoms. The molecule has 0 radical (unpaired) electrons. The highest BCUT2D eigenvalue weighted by molar-refractivity contribution is 6.31. The second-order valence-electron chi connectivity index (χ2n) is 12.1. The van der Waals surface area contributed by atoms with Gasteiger partial charge in [-0.1, -0.05) is 57.3 Å². The highest BCUT2D eigenvalue weighted by atomic mass is 35.5. The maximum atomic E-state index is 13.2. The molecular formula is C27H39ClN2O4. The average molecular weight is 491 g/mol. The topological polar surface area (TPSA) is 87.7 Å². The lowest BCUT2D eigenvalue weighted by Crippen LogP contribution is -2.78. The number of carbonyl (C=O) groups is 2. The molecule has 0 aliphatic heterocycles. The molecule has 2 atom stereocenters. The molecule has 5 rings (SSSR count). The number of ether oxygens (including phenoxy) is 1. The minimum Gasteiger partial charge on any atom is -0.469 e. The molecule has 1 aromatic rings. The smallest absolute Gasteiger partial charge is 0.315 e. The summed E-state index contributed by atoms with van der Waals surface area (Å²) in [6.45, 7) is 6.67. The minimum absolute atomic E-state index is 0.000267. The van der Waals surface area contributed by atoms with Crippen molar-refractivity contribution < 1.29 is 19.4 Å². The van der Waals surface area contributed by atoms with Crippen molar-refractivity contribution in [2.24, 2.45) is 16.7 Å².